The van der Waals surface area contributed by atoms with E-state index in [0.717, 1.165) is 0 Å². The lowest BCUT2D eigenvalue weighted by Crippen LogP contribution is -2.32. The van der Waals surface area contributed by atoms with E-state index in [1.165, 1.54) is 41.1 Å². The molecule has 1 aromatic heterocycles. The third kappa shape index (κ3) is 4.28. The van der Waals surface area contributed by atoms with Crippen LogP contribution in [0, 0.1) is 5.82 Å². The monoisotopic (exact) mass is 424 g/mol. The molecule has 0 radical (unpaired) electrons. The van der Waals surface area contributed by atoms with Gasteiger partial charge < -0.3 is 9.52 Å². The number of rotatable bonds is 6. The summed E-state index contributed by atoms with van der Waals surface area (Å²) in [6, 6.07) is 16.0. The highest BCUT2D eigenvalue weighted by atomic mass is 32.2. The highest BCUT2D eigenvalue weighted by Gasteiger charge is 2.38. The van der Waals surface area contributed by atoms with Crippen molar-refractivity contribution in [2.45, 2.75) is 18.2 Å². The molecular weight excluding hydrogens is 407 g/mol. The summed E-state index contributed by atoms with van der Waals surface area (Å²) in [5.74, 6) is -0.952. The Bertz CT molecular complexity index is 1100. The lowest BCUT2D eigenvalue weighted by molar-refractivity contribution is -0.126. The molecule has 152 valence electrons. The fourth-order valence-electron chi connectivity index (χ4n) is 3.08. The molecule has 3 aromatic rings. The lowest BCUT2D eigenvalue weighted by Gasteiger charge is -2.15. The summed E-state index contributed by atoms with van der Waals surface area (Å²) in [7, 11) is 0. The van der Waals surface area contributed by atoms with Crippen LogP contribution in [0.1, 0.15) is 21.7 Å². The number of hydrogen-bond acceptors (Lipinski definition) is 5. The average Bonchev–Trinajstić information content (AvgIpc) is 3.34. The Kier molecular flexibility index (Phi) is 5.67. The van der Waals surface area contributed by atoms with E-state index in [2.05, 4.69) is 4.99 Å². The van der Waals surface area contributed by atoms with Gasteiger partial charge in [0.15, 0.2) is 5.17 Å². The first-order chi connectivity index (χ1) is 14.5. The van der Waals surface area contributed by atoms with Gasteiger partial charge in [0, 0.05) is 0 Å². The van der Waals surface area contributed by atoms with Gasteiger partial charge in [-0.15, -0.1) is 0 Å². The molecule has 0 spiro atoms. The maximum atomic E-state index is 14.1. The Morgan fingerprint density at radius 2 is 1.90 bits per heavy atom. The van der Waals surface area contributed by atoms with Crippen molar-refractivity contribution >= 4 is 34.5 Å². The first-order valence-electron chi connectivity index (χ1n) is 9.17. The first kappa shape index (κ1) is 19.9. The number of hydrogen-bond donors (Lipinski definition) is 1. The Balaban J connectivity index is 1.62. The first-order valence-corrected chi connectivity index (χ1v) is 10.0. The maximum absolute atomic E-state index is 14.1. The molecule has 1 amide bonds. The van der Waals surface area contributed by atoms with Gasteiger partial charge in [-0.25, -0.2) is 14.2 Å². The van der Waals surface area contributed by atoms with Gasteiger partial charge in [0.25, 0.3) is 0 Å². The number of amides is 1. The molecule has 30 heavy (non-hydrogen) atoms. The molecule has 2 aromatic carbocycles. The van der Waals surface area contributed by atoms with Gasteiger partial charge in [0.1, 0.15) is 11.6 Å². The zero-order valence-corrected chi connectivity index (χ0v) is 16.5. The van der Waals surface area contributed by atoms with E-state index < -0.39 is 11.2 Å². The molecule has 6 nitrogen and oxygen atoms in total. The zero-order valence-electron chi connectivity index (χ0n) is 15.7. The Hall–Kier alpha value is -3.39. The predicted octanol–water partition coefficient (Wildman–Crippen LogP) is 4.49. The van der Waals surface area contributed by atoms with Crippen LogP contribution >= 0.6 is 11.8 Å². The lowest BCUT2D eigenvalue weighted by atomic mass is 10.1. The Morgan fingerprint density at radius 3 is 2.57 bits per heavy atom. The average molecular weight is 424 g/mol. The SMILES string of the molecule is O=C(O)c1ccc(N=C2SC(Cc3ccccc3F)C(=O)N2Cc2ccco2)cc1. The van der Waals surface area contributed by atoms with E-state index in [9.17, 15) is 14.0 Å². The normalized spacial score (nSPS) is 17.6. The van der Waals surface area contributed by atoms with Gasteiger partial charge in [-0.05, 0) is 54.4 Å². The summed E-state index contributed by atoms with van der Waals surface area (Å²) < 4.78 is 19.5. The fraction of sp³-hybridized carbons (Fsp3) is 0.136. The standard InChI is InChI=1S/C22H17FN2O4S/c23-18-6-2-1-4-15(18)12-19-20(26)25(13-17-5-3-11-29-17)22(30-19)24-16-9-7-14(8-10-16)21(27)28/h1-11,19H,12-13H2,(H,27,28). The number of amidine groups is 1. The van der Waals surface area contributed by atoms with Crippen molar-refractivity contribution in [2.24, 2.45) is 4.99 Å². The van der Waals surface area contributed by atoms with E-state index >= 15 is 0 Å². The number of carbonyl (C=O) groups is 2. The number of benzene rings is 2. The Morgan fingerprint density at radius 1 is 1.13 bits per heavy atom. The number of carbonyl (C=O) groups excluding carboxylic acids is 1. The van der Waals surface area contributed by atoms with Crippen LogP contribution in [0.5, 0.6) is 0 Å². The van der Waals surface area contributed by atoms with Crippen molar-refractivity contribution in [1.82, 2.24) is 4.90 Å². The third-order valence-electron chi connectivity index (χ3n) is 4.62. The number of carboxylic acid groups (broad SMARTS) is 1. The number of carboxylic acids is 1. The molecule has 8 heteroatoms. The van der Waals surface area contributed by atoms with Crippen LogP contribution < -0.4 is 0 Å². The number of furan rings is 1. The molecule has 1 aliphatic heterocycles. The number of halogens is 1. The minimum Gasteiger partial charge on any atom is -0.478 e. The highest BCUT2D eigenvalue weighted by Crippen LogP contribution is 2.33. The smallest absolute Gasteiger partial charge is 0.335 e. The molecule has 4 rings (SSSR count). The molecule has 0 bridgehead atoms. The summed E-state index contributed by atoms with van der Waals surface area (Å²) >= 11 is 1.26. The van der Waals surface area contributed by atoms with Gasteiger partial charge in [-0.2, -0.15) is 0 Å². The van der Waals surface area contributed by atoms with Crippen LogP contribution in [0.4, 0.5) is 10.1 Å². The van der Waals surface area contributed by atoms with Gasteiger partial charge in [0.2, 0.25) is 5.91 Å². The molecule has 1 N–H and O–H groups in total. The Labute approximate surface area is 176 Å². The second-order valence-corrected chi connectivity index (χ2v) is 7.82. The van der Waals surface area contributed by atoms with Crippen molar-refractivity contribution < 1.29 is 23.5 Å². The largest absolute Gasteiger partial charge is 0.478 e. The minimum atomic E-state index is -1.02. The van der Waals surface area contributed by atoms with Crippen LogP contribution in [0.15, 0.2) is 76.3 Å². The van der Waals surface area contributed by atoms with Crippen LogP contribution in [-0.4, -0.2) is 32.3 Å². The second kappa shape index (κ2) is 8.54. The van der Waals surface area contributed by atoms with Crippen LogP contribution in [-0.2, 0) is 17.8 Å². The number of nitrogens with zero attached hydrogens (tertiary/aromatic N) is 2. The fourth-order valence-corrected chi connectivity index (χ4v) is 4.27. The van der Waals surface area contributed by atoms with Crippen molar-refractivity contribution in [1.29, 1.82) is 0 Å². The van der Waals surface area contributed by atoms with Crippen LogP contribution in [0.3, 0.4) is 0 Å². The van der Waals surface area contributed by atoms with Gasteiger partial charge in [-0.3, -0.25) is 9.69 Å². The minimum absolute atomic E-state index is 0.152. The predicted molar refractivity (Wildman–Crippen MR) is 111 cm³/mol. The molecule has 1 atom stereocenters. The van der Waals surface area contributed by atoms with Gasteiger partial charge >= 0.3 is 5.97 Å². The van der Waals surface area contributed by atoms with E-state index in [1.54, 1.807) is 42.5 Å². The van der Waals surface area contributed by atoms with Crippen molar-refractivity contribution in [3.8, 4) is 0 Å². The topological polar surface area (TPSA) is 83.1 Å². The van der Waals surface area contributed by atoms with Crippen molar-refractivity contribution in [3.05, 3.63) is 89.6 Å². The molecule has 1 fully saturated rings. The molecular formula is C22H17FN2O4S. The van der Waals surface area contributed by atoms with Crippen molar-refractivity contribution in [3.63, 3.8) is 0 Å². The van der Waals surface area contributed by atoms with E-state index in [1.807, 2.05) is 0 Å². The summed E-state index contributed by atoms with van der Waals surface area (Å²) in [6.45, 7) is 0.207. The zero-order chi connectivity index (χ0) is 21.1. The number of thioether (sulfide) groups is 1. The van der Waals surface area contributed by atoms with E-state index in [4.69, 9.17) is 9.52 Å². The number of aliphatic imine (C=N–C) groups is 1. The van der Waals surface area contributed by atoms with Crippen molar-refractivity contribution in [2.75, 3.05) is 0 Å². The molecule has 1 aliphatic rings. The second-order valence-electron chi connectivity index (χ2n) is 6.65. The summed E-state index contributed by atoms with van der Waals surface area (Å²) in [5.41, 5.74) is 1.14. The van der Waals surface area contributed by atoms with E-state index in [0.29, 0.717) is 22.2 Å². The quantitative estimate of drug-likeness (QED) is 0.630. The molecule has 1 saturated heterocycles. The molecule has 0 aliphatic carbocycles. The summed E-state index contributed by atoms with van der Waals surface area (Å²) in [6.07, 6.45) is 1.77. The number of aromatic carboxylic acids is 1. The summed E-state index contributed by atoms with van der Waals surface area (Å²) in [5, 5.41) is 8.98. The highest BCUT2D eigenvalue weighted by molar-refractivity contribution is 8.15. The van der Waals surface area contributed by atoms with E-state index in [-0.39, 0.29) is 30.3 Å². The van der Waals surface area contributed by atoms with Crippen LogP contribution in [0.2, 0.25) is 0 Å². The summed E-state index contributed by atoms with van der Waals surface area (Å²) in [4.78, 5) is 30.2. The molecule has 2 heterocycles. The van der Waals surface area contributed by atoms with Gasteiger partial charge in [0.05, 0.1) is 29.3 Å². The molecule has 0 saturated carbocycles. The third-order valence-corrected chi connectivity index (χ3v) is 5.79. The maximum Gasteiger partial charge on any atom is 0.335 e. The molecule has 1 unspecified atom stereocenters. The van der Waals surface area contributed by atoms with Crippen LogP contribution in [0.25, 0.3) is 0 Å². The van der Waals surface area contributed by atoms with Gasteiger partial charge in [-0.1, -0.05) is 30.0 Å².